The van der Waals surface area contributed by atoms with Crippen LogP contribution in [0.4, 0.5) is 0 Å². The summed E-state index contributed by atoms with van der Waals surface area (Å²) in [7, 11) is 0. The Hall–Kier alpha value is -0.900. The SMILES string of the molecule is CC(=O)OC1CCC2C3CCC4C(C)(C)C(=O)CCC4(CO)C3CCC12C. The minimum Gasteiger partial charge on any atom is -0.462 e. The van der Waals surface area contributed by atoms with E-state index in [0.717, 1.165) is 44.9 Å². The van der Waals surface area contributed by atoms with Crippen molar-refractivity contribution in [3.8, 4) is 0 Å². The van der Waals surface area contributed by atoms with E-state index in [4.69, 9.17) is 4.74 Å². The van der Waals surface area contributed by atoms with Crippen LogP contribution in [0.25, 0.3) is 0 Å². The van der Waals surface area contributed by atoms with E-state index in [1.165, 1.54) is 6.92 Å². The Morgan fingerprint density at radius 3 is 2.48 bits per heavy atom. The van der Waals surface area contributed by atoms with Crippen LogP contribution in [0.1, 0.15) is 79.1 Å². The second-order valence-corrected chi connectivity index (χ2v) is 10.8. The van der Waals surface area contributed by atoms with Crippen LogP contribution < -0.4 is 0 Å². The van der Waals surface area contributed by atoms with Gasteiger partial charge in [-0.15, -0.1) is 0 Å². The number of ether oxygens (including phenoxy) is 1. The van der Waals surface area contributed by atoms with Gasteiger partial charge in [0.15, 0.2) is 0 Å². The number of hydrogen-bond donors (Lipinski definition) is 1. The first-order chi connectivity index (χ1) is 12.7. The Labute approximate surface area is 163 Å². The zero-order valence-electron chi connectivity index (χ0n) is 17.4. The lowest BCUT2D eigenvalue weighted by atomic mass is 9.41. The molecular weight excluding hydrogens is 340 g/mol. The minimum absolute atomic E-state index is 0.0492. The van der Waals surface area contributed by atoms with E-state index in [1.54, 1.807) is 0 Å². The van der Waals surface area contributed by atoms with Crippen LogP contribution in [0.5, 0.6) is 0 Å². The summed E-state index contributed by atoms with van der Waals surface area (Å²) in [5, 5.41) is 10.6. The number of aliphatic hydroxyl groups excluding tert-OH is 1. The van der Waals surface area contributed by atoms with Gasteiger partial charge in [-0.2, -0.15) is 0 Å². The number of fused-ring (bicyclic) bond motifs is 5. The summed E-state index contributed by atoms with van der Waals surface area (Å²) in [6.45, 7) is 8.30. The summed E-state index contributed by atoms with van der Waals surface area (Å²) in [5.74, 6) is 2.19. The van der Waals surface area contributed by atoms with E-state index in [9.17, 15) is 14.7 Å². The second-order valence-electron chi connectivity index (χ2n) is 10.8. The van der Waals surface area contributed by atoms with Crippen molar-refractivity contribution in [1.82, 2.24) is 0 Å². The second kappa shape index (κ2) is 6.30. The van der Waals surface area contributed by atoms with Gasteiger partial charge in [-0.3, -0.25) is 9.59 Å². The number of carbonyl (C=O) groups is 2. The van der Waals surface area contributed by atoms with Gasteiger partial charge in [0.05, 0.1) is 0 Å². The van der Waals surface area contributed by atoms with E-state index in [1.807, 2.05) is 0 Å². The van der Waals surface area contributed by atoms with E-state index in [2.05, 4.69) is 20.8 Å². The lowest BCUT2D eigenvalue weighted by molar-refractivity contribution is -0.185. The lowest BCUT2D eigenvalue weighted by Gasteiger charge is -2.63. The normalized spacial score (nSPS) is 48.3. The van der Waals surface area contributed by atoms with Gasteiger partial charge in [0, 0.05) is 36.2 Å². The van der Waals surface area contributed by atoms with Gasteiger partial charge >= 0.3 is 5.97 Å². The molecule has 0 heterocycles. The molecule has 0 radical (unpaired) electrons. The fourth-order valence-electron chi connectivity index (χ4n) is 8.26. The van der Waals surface area contributed by atoms with Crippen LogP contribution in [-0.2, 0) is 14.3 Å². The first-order valence-electron chi connectivity index (χ1n) is 11.0. The van der Waals surface area contributed by atoms with Gasteiger partial charge in [-0.25, -0.2) is 0 Å². The highest BCUT2D eigenvalue weighted by atomic mass is 16.5. The Morgan fingerprint density at radius 2 is 1.81 bits per heavy atom. The fraction of sp³-hybridized carbons (Fsp3) is 0.913. The van der Waals surface area contributed by atoms with Gasteiger partial charge in [0.25, 0.3) is 0 Å². The number of hydrogen-bond acceptors (Lipinski definition) is 4. The minimum atomic E-state index is -0.317. The summed E-state index contributed by atoms with van der Waals surface area (Å²) < 4.78 is 5.74. The summed E-state index contributed by atoms with van der Waals surface area (Å²) in [6, 6.07) is 0. The summed E-state index contributed by atoms with van der Waals surface area (Å²) in [5.41, 5.74) is -0.333. The summed E-state index contributed by atoms with van der Waals surface area (Å²) >= 11 is 0. The molecule has 1 N–H and O–H groups in total. The third-order valence-electron chi connectivity index (χ3n) is 9.58. The molecule has 0 bridgehead atoms. The highest BCUT2D eigenvalue weighted by Crippen LogP contribution is 2.68. The Balaban J connectivity index is 1.65. The molecule has 0 aromatic heterocycles. The zero-order valence-corrected chi connectivity index (χ0v) is 17.4. The first kappa shape index (κ1) is 19.4. The van der Waals surface area contributed by atoms with Crippen molar-refractivity contribution in [3.63, 3.8) is 0 Å². The molecule has 4 saturated carbocycles. The first-order valence-corrected chi connectivity index (χ1v) is 11.0. The topological polar surface area (TPSA) is 63.6 Å². The quantitative estimate of drug-likeness (QED) is 0.736. The number of esters is 1. The Bertz CT molecular complexity index is 640. The maximum atomic E-state index is 12.6. The molecule has 27 heavy (non-hydrogen) atoms. The van der Waals surface area contributed by atoms with Crippen molar-refractivity contribution in [3.05, 3.63) is 0 Å². The largest absolute Gasteiger partial charge is 0.462 e. The van der Waals surface area contributed by atoms with E-state index < -0.39 is 0 Å². The third-order valence-corrected chi connectivity index (χ3v) is 9.58. The maximum absolute atomic E-state index is 12.6. The molecular formula is C23H36O4. The molecule has 0 aromatic rings. The smallest absolute Gasteiger partial charge is 0.302 e. The van der Waals surface area contributed by atoms with Crippen molar-refractivity contribution in [1.29, 1.82) is 0 Å². The lowest BCUT2D eigenvalue weighted by Crippen LogP contribution is -2.61. The molecule has 4 aliphatic carbocycles. The van der Waals surface area contributed by atoms with Crippen LogP contribution in [0.2, 0.25) is 0 Å². The molecule has 0 aromatic carbocycles. The molecule has 4 nitrogen and oxygen atoms in total. The van der Waals surface area contributed by atoms with Crippen LogP contribution >= 0.6 is 0 Å². The number of ketones is 1. The molecule has 152 valence electrons. The standard InChI is InChI=1S/C23H36O4/c1-14(25)27-20-8-6-16-15-5-7-18-21(2,3)19(26)10-12-23(18,13-24)17(15)9-11-22(16,20)4/h15-18,20,24H,5-13H2,1-4H3. The summed E-state index contributed by atoms with van der Waals surface area (Å²) in [6.07, 6.45) is 7.99. The van der Waals surface area contributed by atoms with E-state index in [-0.39, 0.29) is 34.9 Å². The molecule has 4 aliphatic rings. The van der Waals surface area contributed by atoms with Crippen LogP contribution in [0.3, 0.4) is 0 Å². The van der Waals surface area contributed by atoms with Gasteiger partial charge in [-0.1, -0.05) is 20.8 Å². The van der Waals surface area contributed by atoms with Gasteiger partial charge < -0.3 is 9.84 Å². The number of Topliss-reactive ketones (excluding diaryl/α,β-unsaturated/α-hetero) is 1. The maximum Gasteiger partial charge on any atom is 0.302 e. The number of carbonyl (C=O) groups excluding carboxylic acids is 2. The van der Waals surface area contributed by atoms with Crippen molar-refractivity contribution >= 4 is 11.8 Å². The van der Waals surface area contributed by atoms with Gasteiger partial charge in [0.1, 0.15) is 11.9 Å². The molecule has 0 aliphatic heterocycles. The molecule has 7 atom stereocenters. The van der Waals surface area contributed by atoms with Crippen molar-refractivity contribution < 1.29 is 19.4 Å². The number of rotatable bonds is 2. The number of aliphatic hydroxyl groups is 1. The van der Waals surface area contributed by atoms with Crippen molar-refractivity contribution in [2.75, 3.05) is 6.61 Å². The van der Waals surface area contributed by atoms with Gasteiger partial charge in [0.2, 0.25) is 0 Å². The molecule has 0 saturated heterocycles. The van der Waals surface area contributed by atoms with Crippen LogP contribution in [0, 0.1) is 39.9 Å². The van der Waals surface area contributed by atoms with Crippen molar-refractivity contribution in [2.45, 2.75) is 85.2 Å². The highest BCUT2D eigenvalue weighted by molar-refractivity contribution is 5.85. The Kier molecular flexibility index (Phi) is 4.53. The molecule has 7 unspecified atom stereocenters. The molecule has 4 fully saturated rings. The Morgan fingerprint density at radius 1 is 1.07 bits per heavy atom. The van der Waals surface area contributed by atoms with E-state index in [0.29, 0.717) is 35.9 Å². The van der Waals surface area contributed by atoms with Crippen LogP contribution in [-0.4, -0.2) is 29.6 Å². The highest BCUT2D eigenvalue weighted by Gasteiger charge is 2.65. The van der Waals surface area contributed by atoms with Crippen LogP contribution in [0.15, 0.2) is 0 Å². The molecule has 0 spiro atoms. The molecule has 4 rings (SSSR count). The van der Waals surface area contributed by atoms with Gasteiger partial charge in [-0.05, 0) is 68.6 Å². The van der Waals surface area contributed by atoms with Crippen molar-refractivity contribution in [2.24, 2.45) is 39.9 Å². The predicted molar refractivity (Wildman–Crippen MR) is 103 cm³/mol. The third kappa shape index (κ3) is 2.58. The fourth-order valence-corrected chi connectivity index (χ4v) is 8.26. The molecule has 4 heteroatoms. The average molecular weight is 377 g/mol. The average Bonchev–Trinajstić information content (AvgIpc) is 2.94. The summed E-state index contributed by atoms with van der Waals surface area (Å²) in [4.78, 5) is 24.2. The van der Waals surface area contributed by atoms with E-state index >= 15 is 0 Å². The monoisotopic (exact) mass is 376 g/mol. The zero-order chi connectivity index (χ0) is 19.6. The molecule has 0 amide bonds. The predicted octanol–water partition coefficient (Wildman–Crippen LogP) is 4.14.